The lowest BCUT2D eigenvalue weighted by Crippen LogP contribution is -2.43. The minimum absolute atomic E-state index is 0.115. The Morgan fingerprint density at radius 1 is 1.23 bits per heavy atom. The zero-order valence-corrected chi connectivity index (χ0v) is 14.3. The van der Waals surface area contributed by atoms with E-state index in [0.29, 0.717) is 17.2 Å². The van der Waals surface area contributed by atoms with E-state index < -0.39 is 10.0 Å². The lowest BCUT2D eigenvalue weighted by molar-refractivity contribution is 0.232. The topological polar surface area (TPSA) is 87.3 Å². The van der Waals surface area contributed by atoms with Crippen LogP contribution in [-0.4, -0.2) is 26.7 Å². The molecule has 0 aliphatic rings. The van der Waals surface area contributed by atoms with Crippen molar-refractivity contribution in [1.82, 2.24) is 10.6 Å². The molecule has 1 aromatic rings. The highest BCUT2D eigenvalue weighted by atomic mass is 32.2. The monoisotopic (exact) mass is 327 g/mol. The Labute approximate surface area is 132 Å². The Balaban J connectivity index is 2.66. The van der Waals surface area contributed by atoms with Gasteiger partial charge in [-0.2, -0.15) is 0 Å². The van der Waals surface area contributed by atoms with Crippen LogP contribution in [0.15, 0.2) is 24.3 Å². The van der Waals surface area contributed by atoms with E-state index in [1.165, 1.54) is 0 Å². The maximum Gasteiger partial charge on any atom is 0.315 e. The molecule has 0 saturated carbocycles. The van der Waals surface area contributed by atoms with Gasteiger partial charge in [-0.05, 0) is 24.0 Å². The molecule has 22 heavy (non-hydrogen) atoms. The third-order valence-electron chi connectivity index (χ3n) is 3.31. The van der Waals surface area contributed by atoms with Crippen molar-refractivity contribution < 1.29 is 13.2 Å². The van der Waals surface area contributed by atoms with Crippen molar-refractivity contribution in [2.24, 2.45) is 5.92 Å². The van der Waals surface area contributed by atoms with Crippen molar-refractivity contribution in [2.45, 2.75) is 39.8 Å². The molecule has 0 radical (unpaired) electrons. The molecule has 0 unspecified atom stereocenters. The lowest BCUT2D eigenvalue weighted by Gasteiger charge is -2.21. The van der Waals surface area contributed by atoms with Gasteiger partial charge in [0.1, 0.15) is 0 Å². The summed E-state index contributed by atoms with van der Waals surface area (Å²) in [6.45, 7) is 6.38. The highest BCUT2D eigenvalue weighted by Gasteiger charge is 2.14. The summed E-state index contributed by atoms with van der Waals surface area (Å²) in [5.74, 6) is 0.356. The van der Waals surface area contributed by atoms with Gasteiger partial charge in [-0.3, -0.25) is 4.72 Å². The van der Waals surface area contributed by atoms with Crippen LogP contribution in [0.4, 0.5) is 10.5 Å². The number of urea groups is 1. The number of hydrogen-bond acceptors (Lipinski definition) is 3. The van der Waals surface area contributed by atoms with Crippen LogP contribution in [-0.2, 0) is 16.6 Å². The molecule has 0 fully saturated rings. The van der Waals surface area contributed by atoms with Crippen molar-refractivity contribution in [3.8, 4) is 0 Å². The Bertz CT molecular complexity index is 600. The van der Waals surface area contributed by atoms with E-state index in [2.05, 4.69) is 29.2 Å². The van der Waals surface area contributed by atoms with Gasteiger partial charge >= 0.3 is 6.03 Å². The summed E-state index contributed by atoms with van der Waals surface area (Å²) in [5, 5.41) is 5.68. The smallest absolute Gasteiger partial charge is 0.315 e. The number of carbonyl (C=O) groups is 1. The van der Waals surface area contributed by atoms with Gasteiger partial charge in [0.2, 0.25) is 10.0 Å². The van der Waals surface area contributed by atoms with E-state index in [0.717, 1.165) is 12.7 Å². The third kappa shape index (κ3) is 6.34. The quantitative estimate of drug-likeness (QED) is 0.718. The van der Waals surface area contributed by atoms with Crippen LogP contribution in [0.5, 0.6) is 0 Å². The van der Waals surface area contributed by atoms with Gasteiger partial charge in [0.05, 0.1) is 11.9 Å². The first kappa shape index (κ1) is 18.3. The van der Waals surface area contributed by atoms with E-state index >= 15 is 0 Å². The second kappa shape index (κ2) is 8.03. The van der Waals surface area contributed by atoms with Crippen LogP contribution in [0.25, 0.3) is 0 Å². The molecule has 0 heterocycles. The number of para-hydroxylation sites is 1. The number of rotatable bonds is 7. The van der Waals surface area contributed by atoms with Crippen LogP contribution in [0, 0.1) is 5.92 Å². The van der Waals surface area contributed by atoms with Gasteiger partial charge < -0.3 is 10.6 Å². The fraction of sp³-hybridized carbons (Fsp3) is 0.533. The molecule has 0 aliphatic carbocycles. The average molecular weight is 327 g/mol. The highest BCUT2D eigenvalue weighted by molar-refractivity contribution is 7.92. The molecule has 3 N–H and O–H groups in total. The van der Waals surface area contributed by atoms with E-state index in [9.17, 15) is 13.2 Å². The number of hydrogen-bond donors (Lipinski definition) is 3. The summed E-state index contributed by atoms with van der Waals surface area (Å²) in [4.78, 5) is 11.9. The molecule has 0 saturated heterocycles. The zero-order chi connectivity index (χ0) is 16.8. The summed E-state index contributed by atoms with van der Waals surface area (Å²) in [6.07, 6.45) is 1.95. The van der Waals surface area contributed by atoms with Crippen LogP contribution >= 0.6 is 0 Å². The molecule has 6 nitrogen and oxygen atoms in total. The Morgan fingerprint density at radius 2 is 1.86 bits per heavy atom. The predicted octanol–water partition coefficient (Wildman–Crippen LogP) is 2.29. The minimum Gasteiger partial charge on any atom is -0.335 e. The van der Waals surface area contributed by atoms with Gasteiger partial charge in [0, 0.05) is 12.6 Å². The summed E-state index contributed by atoms with van der Waals surface area (Å²) in [6, 6.07) is 6.83. The zero-order valence-electron chi connectivity index (χ0n) is 13.5. The second-order valence-electron chi connectivity index (χ2n) is 5.62. The van der Waals surface area contributed by atoms with E-state index in [1.807, 2.05) is 6.92 Å². The molecule has 0 spiro atoms. The standard InChI is InChI=1S/C15H25N3O3S/c1-5-13(11(2)3)17-15(19)16-10-12-8-6-7-9-14(12)18-22(4,20)21/h6-9,11,13,18H,5,10H2,1-4H3,(H2,16,17,19)/t13-/m1/s1. The molecule has 0 aliphatic heterocycles. The molecule has 1 aromatic carbocycles. The maximum atomic E-state index is 11.9. The van der Waals surface area contributed by atoms with Crippen molar-refractivity contribution in [2.75, 3.05) is 11.0 Å². The molecule has 0 aromatic heterocycles. The van der Waals surface area contributed by atoms with Gasteiger partial charge in [-0.25, -0.2) is 13.2 Å². The highest BCUT2D eigenvalue weighted by Crippen LogP contribution is 2.16. The Morgan fingerprint density at radius 3 is 2.41 bits per heavy atom. The summed E-state index contributed by atoms with van der Waals surface area (Å²) in [5.41, 5.74) is 1.18. The van der Waals surface area contributed by atoms with Gasteiger partial charge in [0.25, 0.3) is 0 Å². The summed E-state index contributed by atoms with van der Waals surface area (Å²) >= 11 is 0. The first-order valence-electron chi connectivity index (χ1n) is 7.33. The first-order valence-corrected chi connectivity index (χ1v) is 9.22. The second-order valence-corrected chi connectivity index (χ2v) is 7.37. The molecule has 124 valence electrons. The van der Waals surface area contributed by atoms with Crippen molar-refractivity contribution >= 4 is 21.7 Å². The molecule has 7 heteroatoms. The normalized spacial score (nSPS) is 12.8. The predicted molar refractivity (Wildman–Crippen MR) is 89.2 cm³/mol. The molecular formula is C15H25N3O3S. The number of amides is 2. The third-order valence-corrected chi connectivity index (χ3v) is 3.90. The number of carbonyl (C=O) groups excluding carboxylic acids is 1. The molecular weight excluding hydrogens is 302 g/mol. The van der Waals surface area contributed by atoms with Gasteiger partial charge in [-0.15, -0.1) is 0 Å². The van der Waals surface area contributed by atoms with Crippen LogP contribution in [0.1, 0.15) is 32.8 Å². The summed E-state index contributed by atoms with van der Waals surface area (Å²) < 4.78 is 25.1. The fourth-order valence-electron chi connectivity index (χ4n) is 2.11. The molecule has 1 atom stereocenters. The van der Waals surface area contributed by atoms with Crippen LogP contribution < -0.4 is 15.4 Å². The minimum atomic E-state index is -3.35. The SMILES string of the molecule is CC[C@@H](NC(=O)NCc1ccccc1NS(C)(=O)=O)C(C)C. The van der Waals surface area contributed by atoms with Crippen molar-refractivity contribution in [1.29, 1.82) is 0 Å². The van der Waals surface area contributed by atoms with Crippen LogP contribution in [0.2, 0.25) is 0 Å². The largest absolute Gasteiger partial charge is 0.335 e. The van der Waals surface area contributed by atoms with E-state index in [1.54, 1.807) is 24.3 Å². The Hall–Kier alpha value is -1.76. The number of nitrogens with one attached hydrogen (secondary N) is 3. The van der Waals surface area contributed by atoms with Crippen molar-refractivity contribution in [3.63, 3.8) is 0 Å². The van der Waals surface area contributed by atoms with E-state index in [-0.39, 0.29) is 18.6 Å². The Kier molecular flexibility index (Phi) is 6.67. The first-order chi connectivity index (χ1) is 10.2. The van der Waals surface area contributed by atoms with E-state index in [4.69, 9.17) is 0 Å². The van der Waals surface area contributed by atoms with Gasteiger partial charge in [0.15, 0.2) is 0 Å². The maximum absolute atomic E-state index is 11.9. The number of anilines is 1. The van der Waals surface area contributed by atoms with Crippen LogP contribution in [0.3, 0.4) is 0 Å². The molecule has 0 bridgehead atoms. The van der Waals surface area contributed by atoms with Gasteiger partial charge in [-0.1, -0.05) is 39.0 Å². The number of sulfonamides is 1. The number of benzene rings is 1. The lowest BCUT2D eigenvalue weighted by atomic mass is 10.0. The molecule has 1 rings (SSSR count). The average Bonchev–Trinajstić information content (AvgIpc) is 2.41. The summed E-state index contributed by atoms with van der Waals surface area (Å²) in [7, 11) is -3.35. The van der Waals surface area contributed by atoms with Crippen molar-refractivity contribution in [3.05, 3.63) is 29.8 Å². The fourth-order valence-corrected chi connectivity index (χ4v) is 2.71. The molecule has 2 amide bonds.